The zero-order chi connectivity index (χ0) is 12.4. The van der Waals surface area contributed by atoms with Gasteiger partial charge in [0.2, 0.25) is 0 Å². The molecule has 0 saturated carbocycles. The first kappa shape index (κ1) is 10.9. The Kier molecular flexibility index (Phi) is 2.63. The summed E-state index contributed by atoms with van der Waals surface area (Å²) in [6.07, 6.45) is 1.53. The van der Waals surface area contributed by atoms with Crippen molar-refractivity contribution >= 4 is 5.97 Å². The molecular formula is C12H9N3O2. The molecule has 0 aliphatic carbocycles. The van der Waals surface area contributed by atoms with Crippen LogP contribution >= 0.6 is 0 Å². The number of para-hydroxylation sites is 1. The fraction of sp³-hybridized carbons (Fsp3) is 0.0833. The first-order valence-corrected chi connectivity index (χ1v) is 4.92. The van der Waals surface area contributed by atoms with Gasteiger partial charge in [0, 0.05) is 6.20 Å². The molecule has 0 spiro atoms. The molecular weight excluding hydrogens is 218 g/mol. The maximum absolute atomic E-state index is 10.7. The summed E-state index contributed by atoms with van der Waals surface area (Å²) >= 11 is 0. The largest absolute Gasteiger partial charge is 0.476 e. The molecule has 17 heavy (non-hydrogen) atoms. The Hall–Kier alpha value is -2.61. The molecule has 2 aromatic rings. The van der Waals surface area contributed by atoms with Crippen LogP contribution in [0.3, 0.4) is 0 Å². The Balaban J connectivity index is 2.60. The van der Waals surface area contributed by atoms with Gasteiger partial charge < -0.3 is 5.11 Å². The summed E-state index contributed by atoms with van der Waals surface area (Å²) in [5.41, 5.74) is 1.90. The SMILES string of the molecule is Cc1cccc(C#N)c1-n1ccc(C(=O)O)n1. The number of rotatable bonds is 2. The minimum Gasteiger partial charge on any atom is -0.476 e. The molecule has 0 aliphatic heterocycles. The molecule has 1 aromatic heterocycles. The van der Waals surface area contributed by atoms with E-state index in [2.05, 4.69) is 11.2 Å². The van der Waals surface area contributed by atoms with Crippen LogP contribution in [0.4, 0.5) is 0 Å². The Morgan fingerprint density at radius 3 is 2.82 bits per heavy atom. The van der Waals surface area contributed by atoms with Crippen molar-refractivity contribution in [2.75, 3.05) is 0 Å². The van der Waals surface area contributed by atoms with Gasteiger partial charge in [0.25, 0.3) is 0 Å². The van der Waals surface area contributed by atoms with Crippen molar-refractivity contribution in [1.29, 1.82) is 5.26 Å². The topological polar surface area (TPSA) is 78.9 Å². The third kappa shape index (κ3) is 1.88. The van der Waals surface area contributed by atoms with Crippen molar-refractivity contribution < 1.29 is 9.90 Å². The number of hydrogen-bond acceptors (Lipinski definition) is 3. The molecule has 0 radical (unpaired) electrons. The lowest BCUT2D eigenvalue weighted by Crippen LogP contribution is -2.04. The van der Waals surface area contributed by atoms with E-state index >= 15 is 0 Å². The fourth-order valence-electron chi connectivity index (χ4n) is 1.62. The number of nitrogens with zero attached hydrogens (tertiary/aromatic N) is 3. The first-order valence-electron chi connectivity index (χ1n) is 4.92. The Bertz CT molecular complexity index is 623. The van der Waals surface area contributed by atoms with Crippen LogP contribution in [0, 0.1) is 18.3 Å². The Morgan fingerprint density at radius 1 is 1.47 bits per heavy atom. The smallest absolute Gasteiger partial charge is 0.356 e. The summed E-state index contributed by atoms with van der Waals surface area (Å²) < 4.78 is 1.41. The molecule has 0 unspecified atom stereocenters. The number of benzene rings is 1. The molecule has 0 atom stereocenters. The van der Waals surface area contributed by atoms with E-state index in [1.807, 2.05) is 13.0 Å². The molecule has 5 heteroatoms. The normalized spacial score (nSPS) is 9.88. The maximum atomic E-state index is 10.7. The first-order chi connectivity index (χ1) is 8.13. The van der Waals surface area contributed by atoms with Gasteiger partial charge in [-0.1, -0.05) is 12.1 Å². The molecule has 0 saturated heterocycles. The van der Waals surface area contributed by atoms with E-state index in [1.54, 1.807) is 12.1 Å². The van der Waals surface area contributed by atoms with Gasteiger partial charge in [-0.15, -0.1) is 0 Å². The molecule has 0 amide bonds. The van der Waals surface area contributed by atoms with Crippen LogP contribution in [0.25, 0.3) is 5.69 Å². The average Bonchev–Trinajstić information content (AvgIpc) is 2.77. The quantitative estimate of drug-likeness (QED) is 0.847. The Labute approximate surface area is 97.5 Å². The van der Waals surface area contributed by atoms with E-state index < -0.39 is 5.97 Å². The molecule has 0 fully saturated rings. The van der Waals surface area contributed by atoms with Crippen molar-refractivity contribution in [3.05, 3.63) is 47.3 Å². The highest BCUT2D eigenvalue weighted by Gasteiger charge is 2.12. The number of hydrogen-bond donors (Lipinski definition) is 1. The molecule has 1 N–H and O–H groups in total. The van der Waals surface area contributed by atoms with Gasteiger partial charge in [-0.05, 0) is 24.6 Å². The summed E-state index contributed by atoms with van der Waals surface area (Å²) in [6, 6.07) is 8.76. The molecule has 1 heterocycles. The van der Waals surface area contributed by atoms with Crippen molar-refractivity contribution in [3.8, 4) is 11.8 Å². The molecule has 2 rings (SSSR count). The number of carboxylic acid groups (broad SMARTS) is 1. The van der Waals surface area contributed by atoms with E-state index in [0.29, 0.717) is 11.3 Å². The minimum atomic E-state index is -1.09. The van der Waals surface area contributed by atoms with Gasteiger partial charge >= 0.3 is 5.97 Å². The van der Waals surface area contributed by atoms with Crippen LogP contribution in [-0.4, -0.2) is 20.9 Å². The number of nitriles is 1. The predicted molar refractivity (Wildman–Crippen MR) is 60.0 cm³/mol. The van der Waals surface area contributed by atoms with Crippen LogP contribution in [0.15, 0.2) is 30.5 Å². The van der Waals surface area contributed by atoms with E-state index in [0.717, 1.165) is 5.56 Å². The predicted octanol–water partition coefficient (Wildman–Crippen LogP) is 1.75. The van der Waals surface area contributed by atoms with Crippen molar-refractivity contribution in [3.63, 3.8) is 0 Å². The van der Waals surface area contributed by atoms with Crippen LogP contribution in [0.5, 0.6) is 0 Å². The highest BCUT2D eigenvalue weighted by molar-refractivity contribution is 5.85. The van der Waals surface area contributed by atoms with Crippen LogP contribution in [0.2, 0.25) is 0 Å². The van der Waals surface area contributed by atoms with E-state index in [-0.39, 0.29) is 5.69 Å². The van der Waals surface area contributed by atoms with Gasteiger partial charge in [0.15, 0.2) is 5.69 Å². The maximum Gasteiger partial charge on any atom is 0.356 e. The van der Waals surface area contributed by atoms with E-state index in [1.165, 1.54) is 16.9 Å². The molecule has 84 valence electrons. The second-order valence-electron chi connectivity index (χ2n) is 3.53. The lowest BCUT2D eigenvalue weighted by atomic mass is 10.1. The lowest BCUT2D eigenvalue weighted by molar-refractivity contribution is 0.0690. The molecule has 0 bridgehead atoms. The van der Waals surface area contributed by atoms with Crippen molar-refractivity contribution in [1.82, 2.24) is 9.78 Å². The summed E-state index contributed by atoms with van der Waals surface area (Å²) in [7, 11) is 0. The lowest BCUT2D eigenvalue weighted by Gasteiger charge is -2.07. The van der Waals surface area contributed by atoms with Gasteiger partial charge in [-0.3, -0.25) is 0 Å². The molecule has 0 aliphatic rings. The van der Waals surface area contributed by atoms with Crippen molar-refractivity contribution in [2.45, 2.75) is 6.92 Å². The highest BCUT2D eigenvalue weighted by atomic mass is 16.4. The van der Waals surface area contributed by atoms with E-state index in [9.17, 15) is 4.79 Å². The molecule has 5 nitrogen and oxygen atoms in total. The monoisotopic (exact) mass is 227 g/mol. The summed E-state index contributed by atoms with van der Waals surface area (Å²) in [4.78, 5) is 10.7. The van der Waals surface area contributed by atoms with Gasteiger partial charge in [0.05, 0.1) is 11.3 Å². The van der Waals surface area contributed by atoms with E-state index in [4.69, 9.17) is 10.4 Å². The zero-order valence-corrected chi connectivity index (χ0v) is 9.08. The average molecular weight is 227 g/mol. The number of carboxylic acids is 1. The summed E-state index contributed by atoms with van der Waals surface area (Å²) in [5.74, 6) is -1.09. The van der Waals surface area contributed by atoms with Crippen LogP contribution in [0.1, 0.15) is 21.6 Å². The van der Waals surface area contributed by atoms with Gasteiger partial charge in [-0.25, -0.2) is 9.48 Å². The molecule has 1 aromatic carbocycles. The number of aromatic carboxylic acids is 1. The minimum absolute atomic E-state index is 0.0443. The highest BCUT2D eigenvalue weighted by Crippen LogP contribution is 2.18. The third-order valence-electron chi connectivity index (χ3n) is 2.40. The second kappa shape index (κ2) is 4.10. The zero-order valence-electron chi connectivity index (χ0n) is 9.08. The summed E-state index contributed by atoms with van der Waals surface area (Å²) in [5, 5.41) is 21.7. The van der Waals surface area contributed by atoms with Crippen LogP contribution < -0.4 is 0 Å². The Morgan fingerprint density at radius 2 is 2.24 bits per heavy atom. The number of aryl methyl sites for hydroxylation is 1. The van der Waals surface area contributed by atoms with Gasteiger partial charge in [-0.2, -0.15) is 10.4 Å². The number of carbonyl (C=O) groups is 1. The number of aromatic nitrogens is 2. The van der Waals surface area contributed by atoms with Crippen LogP contribution in [-0.2, 0) is 0 Å². The second-order valence-corrected chi connectivity index (χ2v) is 3.53. The standard InChI is InChI=1S/C12H9N3O2/c1-8-3-2-4-9(7-13)11(8)15-6-5-10(14-15)12(16)17/h2-6H,1H3,(H,16,17). The van der Waals surface area contributed by atoms with Gasteiger partial charge in [0.1, 0.15) is 6.07 Å². The third-order valence-corrected chi connectivity index (χ3v) is 2.40. The summed E-state index contributed by atoms with van der Waals surface area (Å²) in [6.45, 7) is 1.85. The fourth-order valence-corrected chi connectivity index (χ4v) is 1.62. The van der Waals surface area contributed by atoms with Crippen molar-refractivity contribution in [2.24, 2.45) is 0 Å².